The van der Waals surface area contributed by atoms with Crippen molar-refractivity contribution < 1.29 is 9.53 Å². The minimum Gasteiger partial charge on any atom is -0.495 e. The molecule has 2 aromatic carbocycles. The summed E-state index contributed by atoms with van der Waals surface area (Å²) in [6.45, 7) is 0. The van der Waals surface area contributed by atoms with E-state index in [9.17, 15) is 4.79 Å². The first kappa shape index (κ1) is 15.5. The summed E-state index contributed by atoms with van der Waals surface area (Å²) >= 11 is 24.1. The average molecular weight is 350 g/mol. The Kier molecular flexibility index (Phi) is 4.82. The van der Waals surface area contributed by atoms with E-state index in [0.29, 0.717) is 5.75 Å². The first-order chi connectivity index (χ1) is 9.45. The summed E-state index contributed by atoms with van der Waals surface area (Å²) < 4.78 is 5.03. The Morgan fingerprint density at radius 1 is 0.950 bits per heavy atom. The summed E-state index contributed by atoms with van der Waals surface area (Å²) in [7, 11) is 1.46. The zero-order valence-corrected chi connectivity index (χ0v) is 13.2. The lowest BCUT2D eigenvalue weighted by molar-refractivity contribution is 0.103. The zero-order valence-electron chi connectivity index (χ0n) is 10.2. The van der Waals surface area contributed by atoms with Crippen molar-refractivity contribution >= 4 is 52.2 Å². The van der Waals surface area contributed by atoms with Crippen LogP contribution in [0.4, 0.5) is 0 Å². The molecule has 0 unspecified atom stereocenters. The molecule has 0 heterocycles. The van der Waals surface area contributed by atoms with Crippen LogP contribution in [0.3, 0.4) is 0 Å². The van der Waals surface area contributed by atoms with Crippen LogP contribution in [0.15, 0.2) is 30.3 Å². The van der Waals surface area contributed by atoms with Crippen molar-refractivity contribution in [1.29, 1.82) is 0 Å². The van der Waals surface area contributed by atoms with Gasteiger partial charge in [0.1, 0.15) is 5.75 Å². The van der Waals surface area contributed by atoms with Crippen molar-refractivity contribution in [3.05, 3.63) is 61.5 Å². The highest BCUT2D eigenvalue weighted by Crippen LogP contribution is 2.34. The van der Waals surface area contributed by atoms with Crippen LogP contribution in [-0.4, -0.2) is 12.9 Å². The maximum atomic E-state index is 12.5. The maximum absolute atomic E-state index is 12.5. The summed E-state index contributed by atoms with van der Waals surface area (Å²) in [5.74, 6) is -0.00590. The Hall–Kier alpha value is -0.930. The number of ether oxygens (including phenoxy) is 1. The lowest BCUT2D eigenvalue weighted by atomic mass is 10.0. The third-order valence-electron chi connectivity index (χ3n) is 2.68. The fraction of sp³-hybridized carbons (Fsp3) is 0.0714. The van der Waals surface area contributed by atoms with E-state index in [4.69, 9.17) is 51.1 Å². The number of ketones is 1. The standard InChI is InChI=1S/C14H8Cl4O2/c1-20-12-6-10(17)7(5-11(12)18)14(19)13-8(15)3-2-4-9(13)16/h2-6H,1H3. The molecule has 2 nitrogen and oxygen atoms in total. The van der Waals surface area contributed by atoms with E-state index in [2.05, 4.69) is 0 Å². The van der Waals surface area contributed by atoms with Crippen molar-refractivity contribution in [2.24, 2.45) is 0 Å². The number of carbonyl (C=O) groups is 1. The van der Waals surface area contributed by atoms with Crippen molar-refractivity contribution in [3.63, 3.8) is 0 Å². The van der Waals surface area contributed by atoms with Crippen LogP contribution in [0.2, 0.25) is 20.1 Å². The van der Waals surface area contributed by atoms with E-state index >= 15 is 0 Å². The number of methoxy groups -OCH3 is 1. The first-order valence-corrected chi connectivity index (χ1v) is 6.98. The molecule has 0 aliphatic heterocycles. The second kappa shape index (κ2) is 6.23. The van der Waals surface area contributed by atoms with Crippen molar-refractivity contribution in [2.45, 2.75) is 0 Å². The molecular weight excluding hydrogens is 342 g/mol. The van der Waals surface area contributed by atoms with Gasteiger partial charge in [-0.2, -0.15) is 0 Å². The van der Waals surface area contributed by atoms with Crippen LogP contribution < -0.4 is 4.74 Å². The summed E-state index contributed by atoms with van der Waals surface area (Å²) in [6, 6.07) is 7.73. The number of hydrogen-bond acceptors (Lipinski definition) is 2. The molecule has 0 aromatic heterocycles. The first-order valence-electron chi connectivity index (χ1n) is 5.47. The molecule has 0 bridgehead atoms. The molecule has 2 rings (SSSR count). The minimum atomic E-state index is -0.393. The summed E-state index contributed by atoms with van der Waals surface area (Å²) in [6.07, 6.45) is 0. The molecule has 0 N–H and O–H groups in total. The van der Waals surface area contributed by atoms with Gasteiger partial charge in [0.15, 0.2) is 5.78 Å². The third-order valence-corrected chi connectivity index (χ3v) is 3.91. The van der Waals surface area contributed by atoms with Gasteiger partial charge in [-0.05, 0) is 18.2 Å². The molecule has 0 saturated carbocycles. The molecule has 20 heavy (non-hydrogen) atoms. The lowest BCUT2D eigenvalue weighted by Gasteiger charge is -2.10. The molecule has 0 amide bonds. The average Bonchev–Trinajstić information content (AvgIpc) is 2.40. The SMILES string of the molecule is COc1cc(Cl)c(C(=O)c2c(Cl)cccc2Cl)cc1Cl. The Morgan fingerprint density at radius 2 is 1.55 bits per heavy atom. The van der Waals surface area contributed by atoms with E-state index in [0.717, 1.165) is 0 Å². The zero-order chi connectivity index (χ0) is 14.9. The summed E-state index contributed by atoms with van der Waals surface area (Å²) in [5, 5.41) is 1.01. The van der Waals surface area contributed by atoms with Gasteiger partial charge >= 0.3 is 0 Å². The van der Waals surface area contributed by atoms with E-state index < -0.39 is 5.78 Å². The summed E-state index contributed by atoms with van der Waals surface area (Å²) in [4.78, 5) is 12.5. The summed E-state index contributed by atoms with van der Waals surface area (Å²) in [5.41, 5.74) is 0.409. The van der Waals surface area contributed by atoms with Gasteiger partial charge in [0.2, 0.25) is 0 Å². The monoisotopic (exact) mass is 348 g/mol. The van der Waals surface area contributed by atoms with Crippen LogP contribution >= 0.6 is 46.4 Å². The molecule has 0 aliphatic rings. The molecule has 104 valence electrons. The van der Waals surface area contributed by atoms with Crippen LogP contribution in [0.5, 0.6) is 5.75 Å². The molecule has 0 radical (unpaired) electrons. The molecular formula is C14H8Cl4O2. The van der Waals surface area contributed by atoms with E-state index in [1.807, 2.05) is 0 Å². The van der Waals surface area contributed by atoms with Crippen molar-refractivity contribution in [1.82, 2.24) is 0 Å². The van der Waals surface area contributed by atoms with E-state index in [-0.39, 0.29) is 31.2 Å². The molecule has 0 saturated heterocycles. The van der Waals surface area contributed by atoms with Crippen molar-refractivity contribution in [3.8, 4) is 5.75 Å². The Bertz CT molecular complexity index is 663. The fourth-order valence-corrected chi connectivity index (χ4v) is 2.76. The van der Waals surface area contributed by atoms with E-state index in [1.54, 1.807) is 18.2 Å². The normalized spacial score (nSPS) is 10.4. The topological polar surface area (TPSA) is 26.3 Å². The minimum absolute atomic E-state index is 0.193. The highest BCUT2D eigenvalue weighted by Gasteiger charge is 2.20. The van der Waals surface area contributed by atoms with Gasteiger partial charge in [0.25, 0.3) is 0 Å². The second-order valence-electron chi connectivity index (χ2n) is 3.89. The molecule has 2 aromatic rings. The number of halogens is 4. The molecule has 0 aliphatic carbocycles. The van der Waals surface area contributed by atoms with Gasteiger partial charge in [-0.15, -0.1) is 0 Å². The molecule has 0 fully saturated rings. The quantitative estimate of drug-likeness (QED) is 0.680. The van der Waals surface area contributed by atoms with Gasteiger partial charge in [-0.1, -0.05) is 52.5 Å². The Labute approximate surface area is 136 Å². The van der Waals surface area contributed by atoms with Crippen LogP contribution in [-0.2, 0) is 0 Å². The lowest BCUT2D eigenvalue weighted by Crippen LogP contribution is -2.04. The molecule has 6 heteroatoms. The van der Waals surface area contributed by atoms with Crippen molar-refractivity contribution in [2.75, 3.05) is 7.11 Å². The Morgan fingerprint density at radius 3 is 2.10 bits per heavy atom. The predicted molar refractivity (Wildman–Crippen MR) is 82.9 cm³/mol. The third kappa shape index (κ3) is 2.89. The molecule has 0 spiro atoms. The number of hydrogen-bond donors (Lipinski definition) is 0. The van der Waals surface area contributed by atoms with Crippen LogP contribution in [0, 0.1) is 0 Å². The van der Waals surface area contributed by atoms with Crippen LogP contribution in [0.25, 0.3) is 0 Å². The fourth-order valence-electron chi connectivity index (χ4n) is 1.71. The van der Waals surface area contributed by atoms with Crippen LogP contribution in [0.1, 0.15) is 15.9 Å². The smallest absolute Gasteiger partial charge is 0.197 e. The Balaban J connectivity index is 2.57. The molecule has 0 atom stereocenters. The predicted octanol–water partition coefficient (Wildman–Crippen LogP) is 5.54. The highest BCUT2D eigenvalue weighted by atomic mass is 35.5. The van der Waals surface area contributed by atoms with Gasteiger partial charge in [0, 0.05) is 11.6 Å². The number of carbonyl (C=O) groups excluding carboxylic acids is 1. The van der Waals surface area contributed by atoms with Gasteiger partial charge in [-0.25, -0.2) is 0 Å². The largest absolute Gasteiger partial charge is 0.495 e. The number of rotatable bonds is 3. The highest BCUT2D eigenvalue weighted by molar-refractivity contribution is 6.43. The van der Waals surface area contributed by atoms with Gasteiger partial charge in [0.05, 0.1) is 32.8 Å². The number of benzene rings is 2. The van der Waals surface area contributed by atoms with Gasteiger partial charge < -0.3 is 4.74 Å². The van der Waals surface area contributed by atoms with E-state index in [1.165, 1.54) is 19.2 Å². The maximum Gasteiger partial charge on any atom is 0.197 e. The van der Waals surface area contributed by atoms with Gasteiger partial charge in [-0.3, -0.25) is 4.79 Å². The second-order valence-corrected chi connectivity index (χ2v) is 5.52.